The highest BCUT2D eigenvalue weighted by atomic mass is 32.1. The zero-order chi connectivity index (χ0) is 16.4. The number of hydrogen-bond acceptors (Lipinski definition) is 4. The molecule has 0 unspecified atom stereocenters. The molecule has 1 heterocycles. The molecule has 6 heteroatoms. The van der Waals surface area contributed by atoms with E-state index in [0.717, 1.165) is 28.2 Å². The van der Waals surface area contributed by atoms with E-state index in [2.05, 4.69) is 15.6 Å². The van der Waals surface area contributed by atoms with Crippen LogP contribution < -0.4 is 10.6 Å². The van der Waals surface area contributed by atoms with Gasteiger partial charge in [-0.15, -0.1) is 11.3 Å². The van der Waals surface area contributed by atoms with Gasteiger partial charge in [0.15, 0.2) is 0 Å². The second-order valence-corrected chi connectivity index (χ2v) is 7.13. The summed E-state index contributed by atoms with van der Waals surface area (Å²) in [6.07, 6.45) is 0.791. The first-order valence-electron chi connectivity index (χ1n) is 7.77. The molecule has 2 amide bonds. The zero-order valence-corrected chi connectivity index (χ0v) is 14.1. The van der Waals surface area contributed by atoms with Crippen LogP contribution in [-0.4, -0.2) is 28.8 Å². The van der Waals surface area contributed by atoms with Gasteiger partial charge >= 0.3 is 6.03 Å². The minimum absolute atomic E-state index is 0.246. The van der Waals surface area contributed by atoms with Crippen LogP contribution in [0.2, 0.25) is 0 Å². The van der Waals surface area contributed by atoms with E-state index in [-0.39, 0.29) is 12.1 Å². The summed E-state index contributed by atoms with van der Waals surface area (Å²) in [6, 6.07) is 7.25. The lowest BCUT2D eigenvalue weighted by Crippen LogP contribution is -2.41. The van der Waals surface area contributed by atoms with E-state index in [1.165, 1.54) is 4.88 Å². The van der Waals surface area contributed by atoms with Crippen LogP contribution in [0.3, 0.4) is 0 Å². The summed E-state index contributed by atoms with van der Waals surface area (Å²) in [5, 5.41) is 16.9. The van der Waals surface area contributed by atoms with Crippen molar-refractivity contribution >= 4 is 17.4 Å². The van der Waals surface area contributed by atoms with Crippen LogP contribution in [-0.2, 0) is 12.8 Å². The zero-order valence-electron chi connectivity index (χ0n) is 13.3. The number of aliphatic hydroxyl groups is 1. The summed E-state index contributed by atoms with van der Waals surface area (Å²) in [7, 11) is 0. The molecule has 0 bridgehead atoms. The van der Waals surface area contributed by atoms with Gasteiger partial charge < -0.3 is 15.7 Å². The van der Waals surface area contributed by atoms with Crippen molar-refractivity contribution in [3.63, 3.8) is 0 Å². The maximum absolute atomic E-state index is 12.1. The Morgan fingerprint density at radius 1 is 1.39 bits per heavy atom. The van der Waals surface area contributed by atoms with E-state index in [0.29, 0.717) is 13.0 Å². The molecule has 2 aromatic rings. The summed E-state index contributed by atoms with van der Waals surface area (Å²) >= 11 is 1.67. The maximum atomic E-state index is 12.1. The van der Waals surface area contributed by atoms with Crippen molar-refractivity contribution < 1.29 is 9.90 Å². The molecule has 23 heavy (non-hydrogen) atoms. The molecule has 122 valence electrons. The van der Waals surface area contributed by atoms with Crippen molar-refractivity contribution in [2.75, 3.05) is 6.54 Å². The average molecular weight is 331 g/mol. The summed E-state index contributed by atoms with van der Waals surface area (Å²) in [5.74, 6) is 0. The quantitative estimate of drug-likeness (QED) is 0.804. The fraction of sp³-hybridized carbons (Fsp3) is 0.412. The molecule has 3 N–H and O–H groups in total. The van der Waals surface area contributed by atoms with E-state index in [1.807, 2.05) is 38.1 Å². The van der Waals surface area contributed by atoms with Crippen molar-refractivity contribution in [3.8, 4) is 0 Å². The molecule has 0 spiro atoms. The lowest BCUT2D eigenvalue weighted by atomic mass is 10.1. The van der Waals surface area contributed by atoms with Gasteiger partial charge in [-0.2, -0.15) is 0 Å². The fourth-order valence-corrected chi connectivity index (χ4v) is 3.97. The van der Waals surface area contributed by atoms with Gasteiger partial charge in [-0.05, 0) is 25.0 Å². The molecule has 2 atom stereocenters. The fourth-order valence-electron chi connectivity index (χ4n) is 3.04. The lowest BCUT2D eigenvalue weighted by Gasteiger charge is -2.18. The highest BCUT2D eigenvalue weighted by Crippen LogP contribution is 2.31. The number of thiazole rings is 1. The highest BCUT2D eigenvalue weighted by Gasteiger charge is 2.31. The van der Waals surface area contributed by atoms with E-state index < -0.39 is 6.10 Å². The number of hydrogen-bond donors (Lipinski definition) is 3. The minimum Gasteiger partial charge on any atom is -0.390 e. The minimum atomic E-state index is -0.565. The van der Waals surface area contributed by atoms with Gasteiger partial charge in [0.2, 0.25) is 0 Å². The Labute approximate surface area is 139 Å². The van der Waals surface area contributed by atoms with Gasteiger partial charge in [-0.1, -0.05) is 24.3 Å². The normalized spacial score (nSPS) is 19.4. The predicted molar refractivity (Wildman–Crippen MR) is 90.7 cm³/mol. The van der Waals surface area contributed by atoms with Crippen molar-refractivity contribution in [1.29, 1.82) is 0 Å². The smallest absolute Gasteiger partial charge is 0.315 e. The monoisotopic (exact) mass is 331 g/mol. The van der Waals surface area contributed by atoms with Gasteiger partial charge in [0.25, 0.3) is 0 Å². The number of urea groups is 1. The maximum Gasteiger partial charge on any atom is 0.315 e. The SMILES string of the molecule is Cc1nc(C)c(CCNC(=O)N[C@H]2c3ccccc3C[C@H]2O)s1. The molecule has 0 saturated heterocycles. The molecule has 1 aliphatic rings. The third-order valence-electron chi connectivity index (χ3n) is 4.13. The summed E-state index contributed by atoms with van der Waals surface area (Å²) in [4.78, 5) is 17.7. The Kier molecular flexibility index (Phi) is 4.63. The van der Waals surface area contributed by atoms with Crippen LogP contribution in [0.4, 0.5) is 4.79 Å². The molecule has 0 saturated carbocycles. The van der Waals surface area contributed by atoms with Crippen LogP contribution in [0.25, 0.3) is 0 Å². The van der Waals surface area contributed by atoms with Crippen LogP contribution >= 0.6 is 11.3 Å². The number of carbonyl (C=O) groups is 1. The number of aliphatic hydroxyl groups excluding tert-OH is 1. The Hall–Kier alpha value is -1.92. The topological polar surface area (TPSA) is 74.2 Å². The molecule has 0 aliphatic heterocycles. The highest BCUT2D eigenvalue weighted by molar-refractivity contribution is 7.11. The molecule has 0 fully saturated rings. The van der Waals surface area contributed by atoms with Gasteiger partial charge in [-0.3, -0.25) is 0 Å². The second-order valence-electron chi connectivity index (χ2n) is 5.84. The number of nitrogens with zero attached hydrogens (tertiary/aromatic N) is 1. The van der Waals surface area contributed by atoms with E-state index in [9.17, 15) is 9.90 Å². The third kappa shape index (κ3) is 3.54. The van der Waals surface area contributed by atoms with E-state index >= 15 is 0 Å². The Balaban J connectivity index is 1.53. The van der Waals surface area contributed by atoms with E-state index in [4.69, 9.17) is 0 Å². The Morgan fingerprint density at radius 2 is 2.17 bits per heavy atom. The summed E-state index contributed by atoms with van der Waals surface area (Å²) in [6.45, 7) is 4.53. The number of rotatable bonds is 4. The van der Waals surface area contributed by atoms with Gasteiger partial charge in [0.1, 0.15) is 0 Å². The number of nitrogens with one attached hydrogen (secondary N) is 2. The lowest BCUT2D eigenvalue weighted by molar-refractivity contribution is 0.142. The van der Waals surface area contributed by atoms with Crippen molar-refractivity contribution in [2.45, 2.75) is 38.8 Å². The predicted octanol–water partition coefficient (Wildman–Crippen LogP) is 2.26. The molecule has 1 aliphatic carbocycles. The van der Waals surface area contributed by atoms with Gasteiger partial charge in [0, 0.05) is 24.3 Å². The van der Waals surface area contributed by atoms with Crippen LogP contribution in [0.5, 0.6) is 0 Å². The number of amides is 2. The molecule has 0 radical (unpaired) electrons. The summed E-state index contributed by atoms with van der Waals surface area (Å²) in [5.41, 5.74) is 3.14. The van der Waals surface area contributed by atoms with Crippen LogP contribution in [0.1, 0.15) is 32.7 Å². The van der Waals surface area contributed by atoms with E-state index in [1.54, 1.807) is 11.3 Å². The number of aryl methyl sites for hydroxylation is 2. The first kappa shape index (κ1) is 16.0. The van der Waals surface area contributed by atoms with Gasteiger partial charge in [0.05, 0.1) is 22.8 Å². The largest absolute Gasteiger partial charge is 0.390 e. The summed E-state index contributed by atoms with van der Waals surface area (Å²) < 4.78 is 0. The van der Waals surface area contributed by atoms with Crippen molar-refractivity contribution in [3.05, 3.63) is 51.0 Å². The standard InChI is InChI=1S/C17H21N3O2S/c1-10-15(23-11(2)19-10)7-8-18-17(22)20-16-13-6-4-3-5-12(13)9-14(16)21/h3-6,14,16,21H,7-9H2,1-2H3,(H2,18,20,22)/t14-,16+/m1/s1. The van der Waals surface area contributed by atoms with Gasteiger partial charge in [-0.25, -0.2) is 9.78 Å². The first-order valence-corrected chi connectivity index (χ1v) is 8.59. The van der Waals surface area contributed by atoms with Crippen molar-refractivity contribution in [1.82, 2.24) is 15.6 Å². The number of fused-ring (bicyclic) bond motifs is 1. The number of aromatic nitrogens is 1. The molecular weight excluding hydrogens is 310 g/mol. The molecule has 1 aromatic carbocycles. The van der Waals surface area contributed by atoms with Crippen LogP contribution in [0, 0.1) is 13.8 Å². The second kappa shape index (κ2) is 6.68. The molecular formula is C17H21N3O2S. The molecule has 3 rings (SSSR count). The van der Waals surface area contributed by atoms with Crippen LogP contribution in [0.15, 0.2) is 24.3 Å². The average Bonchev–Trinajstić information content (AvgIpc) is 2.99. The molecule has 5 nitrogen and oxygen atoms in total. The first-order chi connectivity index (χ1) is 11.0. The Morgan fingerprint density at radius 3 is 2.91 bits per heavy atom. The Bertz CT molecular complexity index is 714. The third-order valence-corrected chi connectivity index (χ3v) is 5.26. The number of carbonyl (C=O) groups excluding carboxylic acids is 1. The molecule has 1 aromatic heterocycles. The number of benzene rings is 1. The van der Waals surface area contributed by atoms with Crippen molar-refractivity contribution in [2.24, 2.45) is 0 Å².